The molecule has 2 N–H and O–H groups in total. The summed E-state index contributed by atoms with van der Waals surface area (Å²) in [6, 6.07) is 3.83. The molecule has 6 nitrogen and oxygen atoms in total. The van der Waals surface area contributed by atoms with Crippen molar-refractivity contribution < 1.29 is 19.0 Å². The van der Waals surface area contributed by atoms with E-state index in [1.54, 1.807) is 21.3 Å². The smallest absolute Gasteiger partial charge is 0.227 e. The Morgan fingerprint density at radius 2 is 2.00 bits per heavy atom. The minimum absolute atomic E-state index is 0.201. The van der Waals surface area contributed by atoms with Gasteiger partial charge in [-0.15, -0.1) is 0 Å². The maximum atomic E-state index is 12.9. The molecule has 0 aromatic heterocycles. The largest absolute Gasteiger partial charge is 0.493 e. The van der Waals surface area contributed by atoms with Gasteiger partial charge in [-0.05, 0) is 37.8 Å². The van der Waals surface area contributed by atoms with Gasteiger partial charge in [-0.1, -0.05) is 18.9 Å². The average Bonchev–Trinajstić information content (AvgIpc) is 3.12. The highest BCUT2D eigenvalue weighted by molar-refractivity contribution is 5.84. The Labute approximate surface area is 155 Å². The molecule has 26 heavy (non-hydrogen) atoms. The summed E-state index contributed by atoms with van der Waals surface area (Å²) in [5.74, 6) is 2.57. The summed E-state index contributed by atoms with van der Waals surface area (Å²) < 4.78 is 16.3. The van der Waals surface area contributed by atoms with Crippen LogP contribution >= 0.6 is 0 Å². The van der Waals surface area contributed by atoms with E-state index in [0.717, 1.165) is 37.9 Å². The molecule has 0 spiro atoms. The van der Waals surface area contributed by atoms with E-state index < -0.39 is 0 Å². The van der Waals surface area contributed by atoms with Crippen LogP contribution in [-0.4, -0.2) is 46.9 Å². The van der Waals surface area contributed by atoms with E-state index in [-0.39, 0.29) is 11.3 Å². The summed E-state index contributed by atoms with van der Waals surface area (Å²) in [6.45, 7) is 2.36. The molecule has 0 radical (unpaired) electrons. The molecular formula is C20H30N2O4. The van der Waals surface area contributed by atoms with Crippen molar-refractivity contribution in [3.05, 3.63) is 17.7 Å². The summed E-state index contributed by atoms with van der Waals surface area (Å²) in [5.41, 5.74) is 0.785. The normalized spacial score (nSPS) is 24.7. The number of rotatable bonds is 7. The monoisotopic (exact) mass is 362 g/mol. The van der Waals surface area contributed by atoms with Gasteiger partial charge >= 0.3 is 0 Å². The van der Waals surface area contributed by atoms with Crippen LogP contribution in [0.5, 0.6) is 17.2 Å². The molecule has 1 saturated heterocycles. The SMILES string of the molecule is COc1ccc(CCNC(=O)[C@@]23CCCC[C@H]2CNC3)c(OC)c1OC. The quantitative estimate of drug-likeness (QED) is 0.778. The minimum Gasteiger partial charge on any atom is -0.493 e. The number of carbonyl (C=O) groups is 1. The number of ether oxygens (including phenoxy) is 3. The lowest BCUT2D eigenvalue weighted by molar-refractivity contribution is -0.133. The summed E-state index contributed by atoms with van der Waals surface area (Å²) >= 11 is 0. The lowest BCUT2D eigenvalue weighted by Crippen LogP contribution is -2.48. The zero-order chi connectivity index (χ0) is 18.6. The predicted octanol–water partition coefficient (Wildman–Crippen LogP) is 2.15. The molecule has 0 unspecified atom stereocenters. The maximum absolute atomic E-state index is 12.9. The maximum Gasteiger partial charge on any atom is 0.227 e. The van der Waals surface area contributed by atoms with Crippen molar-refractivity contribution in [1.82, 2.24) is 10.6 Å². The second-order valence-corrected chi connectivity index (χ2v) is 7.23. The third-order valence-corrected chi connectivity index (χ3v) is 5.96. The molecule has 1 aromatic rings. The van der Waals surface area contributed by atoms with Gasteiger partial charge in [-0.2, -0.15) is 0 Å². The minimum atomic E-state index is -0.208. The van der Waals surface area contributed by atoms with Crippen LogP contribution in [0.3, 0.4) is 0 Å². The topological polar surface area (TPSA) is 68.8 Å². The third kappa shape index (κ3) is 3.34. The van der Waals surface area contributed by atoms with Gasteiger partial charge in [-0.25, -0.2) is 0 Å². The Hall–Kier alpha value is -1.95. The number of fused-ring (bicyclic) bond motifs is 1. The molecular weight excluding hydrogens is 332 g/mol. The van der Waals surface area contributed by atoms with Gasteiger partial charge in [0.05, 0.1) is 26.7 Å². The van der Waals surface area contributed by atoms with Gasteiger partial charge in [0.2, 0.25) is 11.7 Å². The third-order valence-electron chi connectivity index (χ3n) is 5.96. The van der Waals surface area contributed by atoms with E-state index in [9.17, 15) is 4.79 Å². The fourth-order valence-corrected chi connectivity index (χ4v) is 4.54. The van der Waals surface area contributed by atoms with Crippen molar-refractivity contribution in [1.29, 1.82) is 0 Å². The molecule has 2 aliphatic rings. The van der Waals surface area contributed by atoms with Crippen LogP contribution in [-0.2, 0) is 11.2 Å². The van der Waals surface area contributed by atoms with E-state index in [4.69, 9.17) is 14.2 Å². The molecule has 144 valence electrons. The summed E-state index contributed by atoms with van der Waals surface area (Å²) in [4.78, 5) is 12.9. The summed E-state index contributed by atoms with van der Waals surface area (Å²) in [7, 11) is 4.82. The van der Waals surface area contributed by atoms with Crippen LogP contribution in [0.25, 0.3) is 0 Å². The number of hydrogen-bond acceptors (Lipinski definition) is 5. The average molecular weight is 362 g/mol. The van der Waals surface area contributed by atoms with E-state index in [2.05, 4.69) is 10.6 Å². The molecule has 2 fully saturated rings. The van der Waals surface area contributed by atoms with Crippen molar-refractivity contribution >= 4 is 5.91 Å². The Morgan fingerprint density at radius 1 is 1.19 bits per heavy atom. The first kappa shape index (κ1) is 18.8. The first-order valence-corrected chi connectivity index (χ1v) is 9.43. The van der Waals surface area contributed by atoms with Gasteiger partial charge in [0.15, 0.2) is 11.5 Å². The van der Waals surface area contributed by atoms with E-state index >= 15 is 0 Å². The lowest BCUT2D eigenvalue weighted by Gasteiger charge is -2.37. The Bertz CT molecular complexity index is 649. The van der Waals surface area contributed by atoms with Crippen LogP contribution in [0.15, 0.2) is 12.1 Å². The second kappa shape index (κ2) is 8.16. The lowest BCUT2D eigenvalue weighted by atomic mass is 9.67. The number of carbonyl (C=O) groups excluding carboxylic acids is 1. The number of amides is 1. The van der Waals surface area contributed by atoms with E-state index in [0.29, 0.717) is 36.1 Å². The number of nitrogens with one attached hydrogen (secondary N) is 2. The highest BCUT2D eigenvalue weighted by atomic mass is 16.5. The Kier molecular flexibility index (Phi) is 5.91. The molecule has 1 aromatic carbocycles. The van der Waals surface area contributed by atoms with Crippen LogP contribution in [0.4, 0.5) is 0 Å². The van der Waals surface area contributed by atoms with Crippen LogP contribution in [0, 0.1) is 11.3 Å². The summed E-state index contributed by atoms with van der Waals surface area (Å²) in [6.07, 6.45) is 5.23. The Morgan fingerprint density at radius 3 is 2.73 bits per heavy atom. The highest BCUT2D eigenvalue weighted by Crippen LogP contribution is 2.44. The van der Waals surface area contributed by atoms with Gasteiger partial charge in [-0.3, -0.25) is 4.79 Å². The first-order valence-electron chi connectivity index (χ1n) is 9.43. The first-order chi connectivity index (χ1) is 12.7. The molecule has 1 heterocycles. The van der Waals surface area contributed by atoms with Crippen molar-refractivity contribution in [3.8, 4) is 17.2 Å². The number of methoxy groups -OCH3 is 3. The van der Waals surface area contributed by atoms with E-state index in [1.807, 2.05) is 12.1 Å². The van der Waals surface area contributed by atoms with Gasteiger partial charge in [0, 0.05) is 18.7 Å². The summed E-state index contributed by atoms with van der Waals surface area (Å²) in [5, 5.41) is 6.60. The van der Waals surface area contributed by atoms with Crippen LogP contribution < -0.4 is 24.8 Å². The molecule has 1 amide bonds. The zero-order valence-electron chi connectivity index (χ0n) is 16.0. The molecule has 3 rings (SSSR count). The Balaban J connectivity index is 1.65. The van der Waals surface area contributed by atoms with E-state index in [1.165, 1.54) is 6.42 Å². The molecule has 0 bridgehead atoms. The number of benzene rings is 1. The van der Waals surface area contributed by atoms with Gasteiger partial charge < -0.3 is 24.8 Å². The fraction of sp³-hybridized carbons (Fsp3) is 0.650. The number of hydrogen-bond donors (Lipinski definition) is 2. The molecule has 1 aliphatic heterocycles. The van der Waals surface area contributed by atoms with Crippen molar-refractivity contribution in [2.45, 2.75) is 32.1 Å². The standard InChI is InChI=1S/C20H30N2O4/c1-24-16-8-7-14(17(25-2)18(16)26-3)9-11-22-19(23)20-10-5-4-6-15(20)12-21-13-20/h7-8,15,21H,4-6,9-13H2,1-3H3,(H,22,23)/t15-,20+/m0/s1. The molecule has 6 heteroatoms. The van der Waals surface area contributed by atoms with Crippen molar-refractivity contribution in [2.24, 2.45) is 11.3 Å². The molecule has 1 saturated carbocycles. The predicted molar refractivity (Wildman–Crippen MR) is 100 cm³/mol. The fourth-order valence-electron chi connectivity index (χ4n) is 4.54. The highest BCUT2D eigenvalue weighted by Gasteiger charge is 2.49. The van der Waals surface area contributed by atoms with Crippen LogP contribution in [0.1, 0.15) is 31.2 Å². The van der Waals surface area contributed by atoms with Gasteiger partial charge in [0.1, 0.15) is 0 Å². The second-order valence-electron chi connectivity index (χ2n) is 7.23. The van der Waals surface area contributed by atoms with Gasteiger partial charge in [0.25, 0.3) is 0 Å². The molecule has 2 atom stereocenters. The molecule has 1 aliphatic carbocycles. The van der Waals surface area contributed by atoms with Crippen molar-refractivity contribution in [2.75, 3.05) is 41.0 Å². The van der Waals surface area contributed by atoms with Crippen LogP contribution in [0.2, 0.25) is 0 Å². The zero-order valence-corrected chi connectivity index (χ0v) is 16.0. The van der Waals surface area contributed by atoms with Crippen molar-refractivity contribution in [3.63, 3.8) is 0 Å².